The molecule has 1 N–H and O–H groups in total. The minimum Gasteiger partial charge on any atom is -0.369 e. The van der Waals surface area contributed by atoms with Gasteiger partial charge in [0.15, 0.2) is 0 Å². The SMILES string of the molecule is CCC(C)C(C(=O)Nc1ccc(N2CCN(C)CC2)cc1)c1ccccc1. The molecule has 2 atom stereocenters. The Kier molecular flexibility index (Phi) is 6.51. The van der Waals surface area contributed by atoms with Crippen molar-refractivity contribution in [2.24, 2.45) is 5.92 Å². The number of hydrogen-bond acceptors (Lipinski definition) is 3. The van der Waals surface area contributed by atoms with Crippen LogP contribution in [0, 0.1) is 5.92 Å². The fourth-order valence-electron chi connectivity index (χ4n) is 3.67. The Labute approximate surface area is 163 Å². The summed E-state index contributed by atoms with van der Waals surface area (Å²) < 4.78 is 0. The average molecular weight is 366 g/mol. The summed E-state index contributed by atoms with van der Waals surface area (Å²) in [5.41, 5.74) is 3.17. The van der Waals surface area contributed by atoms with Crippen molar-refractivity contribution in [3.8, 4) is 0 Å². The molecule has 144 valence electrons. The maximum absolute atomic E-state index is 13.0. The first-order valence-electron chi connectivity index (χ1n) is 9.98. The van der Waals surface area contributed by atoms with Gasteiger partial charge in [-0.25, -0.2) is 0 Å². The maximum atomic E-state index is 13.0. The summed E-state index contributed by atoms with van der Waals surface area (Å²) in [6.45, 7) is 8.56. The monoisotopic (exact) mass is 365 g/mol. The molecule has 2 unspecified atom stereocenters. The molecule has 2 aromatic rings. The van der Waals surface area contributed by atoms with E-state index in [9.17, 15) is 4.79 Å². The summed E-state index contributed by atoms with van der Waals surface area (Å²) in [6, 6.07) is 18.4. The van der Waals surface area contributed by atoms with Crippen molar-refractivity contribution in [2.45, 2.75) is 26.2 Å². The van der Waals surface area contributed by atoms with Crippen LogP contribution in [-0.2, 0) is 4.79 Å². The van der Waals surface area contributed by atoms with Crippen LogP contribution in [0.25, 0.3) is 0 Å². The Morgan fingerprint density at radius 2 is 1.63 bits per heavy atom. The molecule has 1 aliphatic heterocycles. The zero-order valence-electron chi connectivity index (χ0n) is 16.7. The second-order valence-corrected chi connectivity index (χ2v) is 7.60. The zero-order chi connectivity index (χ0) is 19.2. The highest BCUT2D eigenvalue weighted by Crippen LogP contribution is 2.29. The zero-order valence-corrected chi connectivity index (χ0v) is 16.7. The Hall–Kier alpha value is -2.33. The van der Waals surface area contributed by atoms with E-state index in [1.165, 1.54) is 5.69 Å². The highest BCUT2D eigenvalue weighted by Gasteiger charge is 2.26. The van der Waals surface area contributed by atoms with Gasteiger partial charge in [-0.2, -0.15) is 0 Å². The summed E-state index contributed by atoms with van der Waals surface area (Å²) in [5.74, 6) is 0.230. The van der Waals surface area contributed by atoms with E-state index in [1.54, 1.807) is 0 Å². The molecule has 0 aliphatic carbocycles. The number of amides is 1. The molecule has 3 rings (SSSR count). The Bertz CT molecular complexity index is 721. The predicted molar refractivity (Wildman–Crippen MR) is 113 cm³/mol. The number of hydrogen-bond donors (Lipinski definition) is 1. The lowest BCUT2D eigenvalue weighted by Crippen LogP contribution is -2.44. The summed E-state index contributed by atoms with van der Waals surface area (Å²) >= 11 is 0. The standard InChI is InChI=1S/C23H31N3O/c1-4-18(2)22(19-8-6-5-7-9-19)23(27)24-20-10-12-21(13-11-20)26-16-14-25(3)15-17-26/h5-13,18,22H,4,14-17H2,1-3H3,(H,24,27). The molecule has 0 aromatic heterocycles. The number of likely N-dealkylation sites (N-methyl/N-ethyl adjacent to an activating group) is 1. The highest BCUT2D eigenvalue weighted by atomic mass is 16.1. The third-order valence-electron chi connectivity index (χ3n) is 5.66. The third-order valence-corrected chi connectivity index (χ3v) is 5.66. The van der Waals surface area contributed by atoms with Crippen LogP contribution >= 0.6 is 0 Å². The Morgan fingerprint density at radius 1 is 1.00 bits per heavy atom. The number of carbonyl (C=O) groups is 1. The molecule has 0 saturated carbocycles. The number of anilines is 2. The van der Waals surface area contributed by atoms with Gasteiger partial charge < -0.3 is 15.1 Å². The number of nitrogens with zero attached hydrogens (tertiary/aromatic N) is 2. The maximum Gasteiger partial charge on any atom is 0.232 e. The van der Waals surface area contributed by atoms with Crippen molar-refractivity contribution >= 4 is 17.3 Å². The van der Waals surface area contributed by atoms with Gasteiger partial charge in [-0.1, -0.05) is 50.6 Å². The molecule has 1 saturated heterocycles. The number of rotatable bonds is 6. The lowest BCUT2D eigenvalue weighted by Gasteiger charge is -2.34. The van der Waals surface area contributed by atoms with Gasteiger partial charge in [-0.3, -0.25) is 4.79 Å². The van der Waals surface area contributed by atoms with Crippen molar-refractivity contribution in [1.29, 1.82) is 0 Å². The first-order valence-corrected chi connectivity index (χ1v) is 9.98. The topological polar surface area (TPSA) is 35.6 Å². The molecule has 4 nitrogen and oxygen atoms in total. The van der Waals surface area contributed by atoms with Gasteiger partial charge in [-0.05, 0) is 42.8 Å². The number of nitrogens with one attached hydrogen (secondary N) is 1. The van der Waals surface area contributed by atoms with Gasteiger partial charge in [0, 0.05) is 37.6 Å². The number of piperazine rings is 1. The van der Waals surface area contributed by atoms with E-state index < -0.39 is 0 Å². The molecule has 1 aliphatic rings. The van der Waals surface area contributed by atoms with Gasteiger partial charge >= 0.3 is 0 Å². The van der Waals surface area contributed by atoms with E-state index in [-0.39, 0.29) is 17.7 Å². The van der Waals surface area contributed by atoms with E-state index in [4.69, 9.17) is 0 Å². The van der Waals surface area contributed by atoms with Crippen molar-refractivity contribution in [2.75, 3.05) is 43.4 Å². The lowest BCUT2D eigenvalue weighted by molar-refractivity contribution is -0.118. The smallest absolute Gasteiger partial charge is 0.232 e. The van der Waals surface area contributed by atoms with Crippen LogP contribution in [-0.4, -0.2) is 44.0 Å². The van der Waals surface area contributed by atoms with Crippen LogP contribution in [0.2, 0.25) is 0 Å². The summed E-state index contributed by atoms with van der Waals surface area (Å²) in [7, 11) is 2.16. The van der Waals surface area contributed by atoms with Crippen LogP contribution in [0.5, 0.6) is 0 Å². The normalized spacial score (nSPS) is 17.4. The predicted octanol–water partition coefficient (Wildman–Crippen LogP) is 4.21. The van der Waals surface area contributed by atoms with E-state index in [2.05, 4.69) is 48.1 Å². The quantitative estimate of drug-likeness (QED) is 0.833. The first kappa shape index (κ1) is 19.4. The molecule has 27 heavy (non-hydrogen) atoms. The van der Waals surface area contributed by atoms with E-state index in [0.29, 0.717) is 0 Å². The van der Waals surface area contributed by atoms with E-state index in [1.807, 2.05) is 42.5 Å². The summed E-state index contributed by atoms with van der Waals surface area (Å²) in [4.78, 5) is 17.8. The fourth-order valence-corrected chi connectivity index (χ4v) is 3.67. The van der Waals surface area contributed by atoms with Gasteiger partial charge in [0.1, 0.15) is 0 Å². The molecule has 2 aromatic carbocycles. The number of carbonyl (C=O) groups excluding carboxylic acids is 1. The van der Waals surface area contributed by atoms with Crippen LogP contribution in [0.1, 0.15) is 31.7 Å². The Morgan fingerprint density at radius 3 is 2.22 bits per heavy atom. The fraction of sp³-hybridized carbons (Fsp3) is 0.435. The average Bonchev–Trinajstić information content (AvgIpc) is 2.70. The molecular weight excluding hydrogens is 334 g/mol. The number of benzene rings is 2. The van der Waals surface area contributed by atoms with Crippen LogP contribution in [0.4, 0.5) is 11.4 Å². The van der Waals surface area contributed by atoms with Crippen molar-refractivity contribution in [3.05, 3.63) is 60.2 Å². The lowest BCUT2D eigenvalue weighted by atomic mass is 9.85. The van der Waals surface area contributed by atoms with Crippen molar-refractivity contribution in [3.63, 3.8) is 0 Å². The molecule has 1 amide bonds. The third kappa shape index (κ3) is 4.89. The minimum absolute atomic E-state index is 0.0721. The van der Waals surface area contributed by atoms with Gasteiger partial charge in [0.05, 0.1) is 5.92 Å². The van der Waals surface area contributed by atoms with Crippen molar-refractivity contribution < 1.29 is 4.79 Å². The molecule has 0 radical (unpaired) electrons. The molecule has 0 bridgehead atoms. The molecule has 1 fully saturated rings. The largest absolute Gasteiger partial charge is 0.369 e. The van der Waals surface area contributed by atoms with Gasteiger partial charge in [0.2, 0.25) is 5.91 Å². The van der Waals surface area contributed by atoms with Crippen LogP contribution in [0.15, 0.2) is 54.6 Å². The van der Waals surface area contributed by atoms with Crippen LogP contribution < -0.4 is 10.2 Å². The molecule has 0 spiro atoms. The molecule has 1 heterocycles. The summed E-state index contributed by atoms with van der Waals surface area (Å²) in [6.07, 6.45) is 0.968. The molecule has 4 heteroatoms. The van der Waals surface area contributed by atoms with Gasteiger partial charge in [-0.15, -0.1) is 0 Å². The van der Waals surface area contributed by atoms with Crippen LogP contribution in [0.3, 0.4) is 0 Å². The molecular formula is C23H31N3O. The minimum atomic E-state index is -0.131. The second kappa shape index (κ2) is 9.05. The van der Waals surface area contributed by atoms with Gasteiger partial charge in [0.25, 0.3) is 0 Å². The summed E-state index contributed by atoms with van der Waals surface area (Å²) in [5, 5.41) is 3.13. The second-order valence-electron chi connectivity index (χ2n) is 7.60. The van der Waals surface area contributed by atoms with E-state index in [0.717, 1.165) is 43.9 Å². The van der Waals surface area contributed by atoms with Crippen molar-refractivity contribution in [1.82, 2.24) is 4.90 Å². The highest BCUT2D eigenvalue weighted by molar-refractivity contribution is 5.96. The Balaban J connectivity index is 1.68. The first-order chi connectivity index (χ1) is 13.1. The van der Waals surface area contributed by atoms with E-state index >= 15 is 0 Å².